The van der Waals surface area contributed by atoms with Gasteiger partial charge in [-0.15, -0.1) is 0 Å². The standard InChI is InChI=1S/C33H34N2O2.C31H32N2O2.C27H30N2O2.C26H28N2O2/c1-5-7-8-9-24-14-18-26(19-15-24)31-28(6-2)29(25-16-10-22(3)11-17-25)30(33(37)35-31)32(36)34-27-20-12-23(4)13-21-27;1-4-5-6-7-23-12-16-25(17-13-23)28-20-27(24-14-8-21(2)9-15-24)29(31(35)33-28)30(34)32-26-18-10-22(3)11-19-26;1-17-9-13-20(14-10-17)23-19(3)25(21-7-5-4-6-8-21)29-27(31)24(23)26(30)28-22-15-11-18(2)12-16-22;1-17-8-12-19(13-9-17)22-16-23(20-6-4-3-5-7-20)28-26(30)24(22)25(29)27-21-14-10-18(2)11-15-21/h6,10-21H,2,5,7-9H2,1,3-4H3,(H,34,36)(H,35,37);8-20H,4-7H2,1-3H3,(H,32,34)(H,33,35);9-16,21H,4-8H2,1-3H3,(H,28,30)(H,29,31);8-16,20H,3-7H2,1-2H3,(H,27,29)(H,28,30). The molecule has 4 aromatic heterocycles. The van der Waals surface area contributed by atoms with Gasteiger partial charge in [0.1, 0.15) is 22.3 Å². The first-order valence-electron chi connectivity index (χ1n) is 47.0. The maximum absolute atomic E-state index is 13.5. The third-order valence-corrected chi connectivity index (χ3v) is 25.3. The minimum Gasteiger partial charge on any atom is -0.325 e. The quantitative estimate of drug-likeness (QED) is 0.0255. The van der Waals surface area contributed by atoms with E-state index in [2.05, 4.69) is 85.9 Å². The summed E-state index contributed by atoms with van der Waals surface area (Å²) >= 11 is 0. The summed E-state index contributed by atoms with van der Waals surface area (Å²) in [6.45, 7) is 26.6. The fourth-order valence-electron chi connectivity index (χ4n) is 17.6. The van der Waals surface area contributed by atoms with Crippen molar-refractivity contribution < 1.29 is 19.2 Å². The van der Waals surface area contributed by atoms with E-state index in [-0.39, 0.29) is 45.2 Å². The molecule has 2 fully saturated rings. The van der Waals surface area contributed by atoms with Crippen LogP contribution < -0.4 is 43.5 Å². The topological polar surface area (TPSA) is 248 Å². The van der Waals surface area contributed by atoms with Crippen LogP contribution in [0, 0.1) is 62.3 Å². The smallest absolute Gasteiger partial charge is 0.261 e. The van der Waals surface area contributed by atoms with E-state index in [0.29, 0.717) is 62.7 Å². The van der Waals surface area contributed by atoms with Crippen molar-refractivity contribution in [1.29, 1.82) is 0 Å². The van der Waals surface area contributed by atoms with Crippen molar-refractivity contribution in [2.75, 3.05) is 21.3 Å². The van der Waals surface area contributed by atoms with E-state index in [0.717, 1.165) is 151 Å². The molecule has 16 nitrogen and oxygen atoms in total. The van der Waals surface area contributed by atoms with Gasteiger partial charge in [0, 0.05) is 67.6 Å². The molecule has 0 saturated heterocycles. The van der Waals surface area contributed by atoms with Gasteiger partial charge in [-0.3, -0.25) is 38.4 Å². The molecular formula is C117H124N8O8. The first-order valence-corrected chi connectivity index (χ1v) is 47.0. The van der Waals surface area contributed by atoms with Crippen LogP contribution in [0.1, 0.15) is 248 Å². The molecule has 8 N–H and O–H groups in total. The van der Waals surface area contributed by atoms with Crippen molar-refractivity contribution in [2.45, 2.75) is 204 Å². The molecule has 2 aliphatic carbocycles. The van der Waals surface area contributed by atoms with Gasteiger partial charge < -0.3 is 41.2 Å². The molecule has 4 heterocycles. The van der Waals surface area contributed by atoms with Gasteiger partial charge in [-0.25, -0.2) is 0 Å². The second-order valence-corrected chi connectivity index (χ2v) is 35.8. The van der Waals surface area contributed by atoms with Crippen molar-refractivity contribution in [3.8, 4) is 67.0 Å². The number of rotatable bonds is 25. The molecule has 16 heteroatoms. The molecule has 133 heavy (non-hydrogen) atoms. The zero-order valence-electron chi connectivity index (χ0n) is 78.7. The Kier molecular flexibility index (Phi) is 33.2. The number of aryl methyl sites for hydroxylation is 10. The molecule has 0 unspecified atom stereocenters. The molecule has 0 radical (unpaired) electrons. The van der Waals surface area contributed by atoms with Gasteiger partial charge in [0.15, 0.2) is 0 Å². The van der Waals surface area contributed by atoms with Gasteiger partial charge in [0.05, 0.1) is 5.69 Å². The molecule has 2 saturated carbocycles. The summed E-state index contributed by atoms with van der Waals surface area (Å²) in [5.41, 5.74) is 26.0. The molecule has 14 aromatic rings. The maximum Gasteiger partial charge on any atom is 0.261 e. The largest absolute Gasteiger partial charge is 0.325 e. The molecule has 0 aliphatic heterocycles. The number of H-pyrrole nitrogens is 4. The number of unbranched alkanes of at least 4 members (excludes halogenated alkanes) is 4. The SMILES string of the molecule is C=Cc1c(-c2ccc(CCCCC)cc2)[nH]c(=O)c(C(=O)Nc2ccc(C)cc2)c1-c1ccc(C)cc1.CCCCCc1ccc(-c2cc(-c3ccc(C)cc3)c(C(=O)Nc3ccc(C)cc3)c(=O)[nH]2)cc1.Cc1ccc(NC(=O)c2c(-c3ccc(C)cc3)c(C)c(C3CCCCC3)[nH]c2=O)cc1.Cc1ccc(NC(=O)c2c(-c3ccc(C)cc3)cc(C3CCCCC3)[nH]c2=O)cc1. The lowest BCUT2D eigenvalue weighted by molar-refractivity contribution is 0.101. The van der Waals surface area contributed by atoms with Crippen molar-refractivity contribution in [3.05, 3.63) is 403 Å². The van der Waals surface area contributed by atoms with Crippen molar-refractivity contribution in [3.63, 3.8) is 0 Å². The number of pyridine rings is 4. The highest BCUT2D eigenvalue weighted by molar-refractivity contribution is 6.12. The van der Waals surface area contributed by atoms with E-state index in [1.54, 1.807) is 6.08 Å². The van der Waals surface area contributed by atoms with Crippen LogP contribution in [0.2, 0.25) is 0 Å². The van der Waals surface area contributed by atoms with E-state index in [1.807, 2.05) is 293 Å². The number of amides is 4. The second kappa shape index (κ2) is 45.9. The van der Waals surface area contributed by atoms with Crippen LogP contribution in [-0.4, -0.2) is 43.6 Å². The predicted octanol–water partition coefficient (Wildman–Crippen LogP) is 27.5. The Morgan fingerprint density at radius 1 is 0.323 bits per heavy atom. The minimum atomic E-state index is -0.457. The lowest BCUT2D eigenvalue weighted by Crippen LogP contribution is -2.27. The highest BCUT2D eigenvalue weighted by Crippen LogP contribution is 2.40. The first kappa shape index (κ1) is 96.2. The number of anilines is 4. The van der Waals surface area contributed by atoms with Gasteiger partial charge >= 0.3 is 0 Å². The average Bonchev–Trinajstić information content (AvgIpc) is 0.760. The number of nitrogens with one attached hydrogen (secondary N) is 8. The second-order valence-electron chi connectivity index (χ2n) is 35.8. The number of hydrogen-bond acceptors (Lipinski definition) is 8. The van der Waals surface area contributed by atoms with Crippen LogP contribution >= 0.6 is 0 Å². The molecule has 4 amide bonds. The number of carbonyl (C=O) groups excluding carboxylic acids is 4. The molecule has 16 rings (SSSR count). The summed E-state index contributed by atoms with van der Waals surface area (Å²) in [5, 5.41) is 11.6. The number of hydrogen-bond donors (Lipinski definition) is 8. The van der Waals surface area contributed by atoms with Crippen LogP contribution in [0.15, 0.2) is 281 Å². The highest BCUT2D eigenvalue weighted by Gasteiger charge is 2.30. The Morgan fingerprint density at radius 3 is 1.02 bits per heavy atom. The van der Waals surface area contributed by atoms with Crippen LogP contribution in [0.25, 0.3) is 73.1 Å². The Bertz CT molecular complexity index is 6640. The molecule has 2 aliphatic rings. The van der Waals surface area contributed by atoms with E-state index < -0.39 is 22.9 Å². The van der Waals surface area contributed by atoms with Crippen LogP contribution in [-0.2, 0) is 12.8 Å². The van der Waals surface area contributed by atoms with Gasteiger partial charge in [-0.2, -0.15) is 0 Å². The summed E-state index contributed by atoms with van der Waals surface area (Å²) in [6.07, 6.45) is 22.5. The summed E-state index contributed by atoms with van der Waals surface area (Å²) in [5.74, 6) is -0.945. The maximum atomic E-state index is 13.5. The number of aromatic nitrogens is 4. The van der Waals surface area contributed by atoms with Gasteiger partial charge in [-0.05, 0) is 236 Å². The molecule has 0 spiro atoms. The first-order chi connectivity index (χ1) is 64.3. The summed E-state index contributed by atoms with van der Waals surface area (Å²) in [6, 6.07) is 82.5. The van der Waals surface area contributed by atoms with E-state index in [4.69, 9.17) is 0 Å². The lowest BCUT2D eigenvalue weighted by atomic mass is 9.82. The molecule has 0 bridgehead atoms. The lowest BCUT2D eigenvalue weighted by Gasteiger charge is -2.25. The van der Waals surface area contributed by atoms with Crippen molar-refractivity contribution >= 4 is 52.5 Å². The Hall–Kier alpha value is -14.4. The zero-order valence-corrected chi connectivity index (χ0v) is 78.7. The monoisotopic (exact) mass is 1770 g/mol. The predicted molar refractivity (Wildman–Crippen MR) is 549 cm³/mol. The third-order valence-electron chi connectivity index (χ3n) is 25.3. The Balaban J connectivity index is 0.000000151. The summed E-state index contributed by atoms with van der Waals surface area (Å²) in [7, 11) is 0. The molecule has 0 atom stereocenters. The van der Waals surface area contributed by atoms with Gasteiger partial charge in [0.25, 0.3) is 45.9 Å². The zero-order chi connectivity index (χ0) is 94.2. The third kappa shape index (κ3) is 25.2. The van der Waals surface area contributed by atoms with E-state index in [1.165, 1.54) is 81.8 Å². The number of benzene rings is 10. The van der Waals surface area contributed by atoms with Crippen molar-refractivity contribution in [2.24, 2.45) is 0 Å². The fourth-order valence-corrected chi connectivity index (χ4v) is 17.6. The molecular weight excluding hydrogens is 1650 g/mol. The number of carbonyl (C=O) groups is 4. The Labute approximate surface area is 781 Å². The summed E-state index contributed by atoms with van der Waals surface area (Å²) < 4.78 is 0. The van der Waals surface area contributed by atoms with Gasteiger partial charge in [0.2, 0.25) is 0 Å². The summed E-state index contributed by atoms with van der Waals surface area (Å²) in [4.78, 5) is 118. The van der Waals surface area contributed by atoms with E-state index >= 15 is 0 Å². The van der Waals surface area contributed by atoms with Gasteiger partial charge in [-0.1, -0.05) is 329 Å². The normalized spacial score (nSPS) is 12.5. The highest BCUT2D eigenvalue weighted by atomic mass is 16.2. The fraction of sp³-hybridized carbons (Fsp3) is 0.265. The van der Waals surface area contributed by atoms with Crippen LogP contribution in [0.3, 0.4) is 0 Å². The average molecular weight is 1770 g/mol. The van der Waals surface area contributed by atoms with Crippen LogP contribution in [0.4, 0.5) is 22.7 Å². The van der Waals surface area contributed by atoms with Crippen LogP contribution in [0.5, 0.6) is 0 Å². The minimum absolute atomic E-state index is 0.0688. The molecule has 10 aromatic carbocycles. The van der Waals surface area contributed by atoms with Crippen molar-refractivity contribution in [1.82, 2.24) is 19.9 Å². The van der Waals surface area contributed by atoms with E-state index in [9.17, 15) is 38.4 Å². The molecule has 680 valence electrons. The number of aromatic amines is 4. The Morgan fingerprint density at radius 2 is 0.632 bits per heavy atom.